The first kappa shape index (κ1) is 17.3. The van der Waals surface area contributed by atoms with Crippen LogP contribution < -0.4 is 10.6 Å². The number of fused-ring (bicyclic) bond motifs is 1. The molecular weight excluding hydrogens is 343 g/mol. The van der Waals surface area contributed by atoms with Crippen molar-refractivity contribution >= 4 is 34.8 Å². The van der Waals surface area contributed by atoms with E-state index in [-0.39, 0.29) is 17.9 Å². The highest BCUT2D eigenvalue weighted by Crippen LogP contribution is 2.43. The summed E-state index contributed by atoms with van der Waals surface area (Å²) in [5.41, 5.74) is 4.50. The predicted octanol–water partition coefficient (Wildman–Crippen LogP) is 5.14. The van der Waals surface area contributed by atoms with Crippen LogP contribution in [-0.2, 0) is 4.79 Å². The minimum Gasteiger partial charge on any atom is -0.326 e. The molecule has 0 heterocycles. The van der Waals surface area contributed by atoms with Gasteiger partial charge in [-0.3, -0.25) is 4.79 Å². The molecule has 0 radical (unpaired) electrons. The van der Waals surface area contributed by atoms with E-state index < -0.39 is 0 Å². The van der Waals surface area contributed by atoms with Gasteiger partial charge in [-0.15, -0.1) is 0 Å². The molecular formula is C19H20Cl2N2O. The first-order chi connectivity index (χ1) is 11.5. The molecule has 2 N–H and O–H groups in total. The van der Waals surface area contributed by atoms with E-state index in [4.69, 9.17) is 23.2 Å². The van der Waals surface area contributed by atoms with E-state index in [2.05, 4.69) is 22.8 Å². The Hall–Kier alpha value is -1.55. The van der Waals surface area contributed by atoms with Gasteiger partial charge in [-0.25, -0.2) is 0 Å². The van der Waals surface area contributed by atoms with Gasteiger partial charge >= 0.3 is 0 Å². The van der Waals surface area contributed by atoms with Crippen molar-refractivity contribution in [1.82, 2.24) is 5.32 Å². The van der Waals surface area contributed by atoms with Crippen molar-refractivity contribution in [2.24, 2.45) is 0 Å². The largest absolute Gasteiger partial charge is 0.326 e. The van der Waals surface area contributed by atoms with Crippen LogP contribution >= 0.6 is 23.2 Å². The number of nitrogens with one attached hydrogen (secondary N) is 2. The molecule has 3 nitrogen and oxygen atoms in total. The summed E-state index contributed by atoms with van der Waals surface area (Å²) in [6, 6.07) is 12.3. The molecule has 1 aliphatic rings. The summed E-state index contributed by atoms with van der Waals surface area (Å²) in [5.74, 6) is 0.221. The second-order valence-corrected chi connectivity index (χ2v) is 6.98. The van der Waals surface area contributed by atoms with E-state index in [0.717, 1.165) is 18.5 Å². The Labute approximate surface area is 152 Å². The first-order valence-corrected chi connectivity index (χ1v) is 8.79. The number of hydrogen-bond donors (Lipinski definition) is 2. The lowest BCUT2D eigenvalue weighted by Gasteiger charge is -2.32. The van der Waals surface area contributed by atoms with E-state index in [0.29, 0.717) is 10.0 Å². The van der Waals surface area contributed by atoms with Gasteiger partial charge in [0.1, 0.15) is 0 Å². The fourth-order valence-corrected chi connectivity index (χ4v) is 3.80. The predicted molar refractivity (Wildman–Crippen MR) is 100 cm³/mol. The molecule has 1 amide bonds. The average Bonchev–Trinajstić information content (AvgIpc) is 2.55. The van der Waals surface area contributed by atoms with Crippen LogP contribution in [0.2, 0.25) is 10.0 Å². The van der Waals surface area contributed by atoms with Gasteiger partial charge in [0.2, 0.25) is 5.91 Å². The Bertz CT molecular complexity index is 776. The molecule has 5 heteroatoms. The molecule has 0 bridgehead atoms. The zero-order chi connectivity index (χ0) is 17.3. The molecule has 0 aliphatic heterocycles. The molecule has 0 unspecified atom stereocenters. The second kappa shape index (κ2) is 7.14. The Balaban J connectivity index is 2.03. The van der Waals surface area contributed by atoms with Gasteiger partial charge in [0.15, 0.2) is 0 Å². The van der Waals surface area contributed by atoms with Gasteiger partial charge in [-0.05, 0) is 60.8 Å². The summed E-state index contributed by atoms with van der Waals surface area (Å²) in [7, 11) is 1.97. The van der Waals surface area contributed by atoms with E-state index >= 15 is 0 Å². The number of halogens is 2. The van der Waals surface area contributed by atoms with E-state index in [1.807, 2.05) is 31.3 Å². The zero-order valence-electron chi connectivity index (χ0n) is 13.7. The van der Waals surface area contributed by atoms with Gasteiger partial charge in [-0.2, -0.15) is 0 Å². The minimum atomic E-state index is -0.0622. The lowest BCUT2D eigenvalue weighted by Crippen LogP contribution is -2.24. The third-order valence-corrected chi connectivity index (χ3v) is 5.34. The molecule has 126 valence electrons. The maximum Gasteiger partial charge on any atom is 0.221 e. The molecule has 2 atom stereocenters. The van der Waals surface area contributed by atoms with E-state index in [9.17, 15) is 4.79 Å². The summed E-state index contributed by atoms with van der Waals surface area (Å²) in [6.07, 6.45) is 2.06. The van der Waals surface area contributed by atoms with Crippen molar-refractivity contribution in [2.75, 3.05) is 12.4 Å². The van der Waals surface area contributed by atoms with Crippen molar-refractivity contribution in [3.05, 3.63) is 63.1 Å². The van der Waals surface area contributed by atoms with Crippen molar-refractivity contribution in [1.29, 1.82) is 0 Å². The molecule has 0 aromatic heterocycles. The molecule has 24 heavy (non-hydrogen) atoms. The van der Waals surface area contributed by atoms with Gasteiger partial charge in [0.05, 0.1) is 10.0 Å². The topological polar surface area (TPSA) is 41.1 Å². The zero-order valence-corrected chi connectivity index (χ0v) is 15.2. The van der Waals surface area contributed by atoms with Gasteiger partial charge in [-0.1, -0.05) is 35.3 Å². The van der Waals surface area contributed by atoms with Crippen molar-refractivity contribution in [3.8, 4) is 0 Å². The highest BCUT2D eigenvalue weighted by molar-refractivity contribution is 6.42. The quantitative estimate of drug-likeness (QED) is 0.793. The summed E-state index contributed by atoms with van der Waals surface area (Å²) < 4.78 is 0. The van der Waals surface area contributed by atoms with Crippen molar-refractivity contribution in [2.45, 2.75) is 31.7 Å². The lowest BCUT2D eigenvalue weighted by atomic mass is 9.76. The van der Waals surface area contributed by atoms with Crippen LogP contribution in [0.15, 0.2) is 36.4 Å². The van der Waals surface area contributed by atoms with Gasteiger partial charge in [0, 0.05) is 24.6 Å². The molecule has 0 fully saturated rings. The third kappa shape index (κ3) is 3.44. The van der Waals surface area contributed by atoms with Crippen LogP contribution in [0.5, 0.6) is 0 Å². The highest BCUT2D eigenvalue weighted by Gasteiger charge is 2.28. The molecule has 0 spiro atoms. The maximum atomic E-state index is 11.3. The molecule has 2 aromatic rings. The highest BCUT2D eigenvalue weighted by atomic mass is 35.5. The Morgan fingerprint density at radius 3 is 2.50 bits per heavy atom. The van der Waals surface area contributed by atoms with E-state index in [1.54, 1.807) is 0 Å². The number of carbonyl (C=O) groups excluding carboxylic acids is 1. The standard InChI is InChI=1S/C19H20Cl2N2O/c1-11(24)23-13-4-5-15-14(6-8-19(22-2)16(15)10-13)12-3-7-17(20)18(21)9-12/h3-5,7,9-10,14,19,22H,6,8H2,1-2H3,(H,23,24)/t14-,19-/m0/s1. The molecule has 3 rings (SSSR count). The van der Waals surface area contributed by atoms with Gasteiger partial charge < -0.3 is 10.6 Å². The maximum absolute atomic E-state index is 11.3. The van der Waals surface area contributed by atoms with Crippen LogP contribution in [0.3, 0.4) is 0 Å². The minimum absolute atomic E-state index is 0.0622. The number of hydrogen-bond acceptors (Lipinski definition) is 2. The normalized spacial score (nSPS) is 19.7. The van der Waals surface area contributed by atoms with Crippen molar-refractivity contribution in [3.63, 3.8) is 0 Å². The van der Waals surface area contributed by atoms with Crippen LogP contribution in [0.25, 0.3) is 0 Å². The van der Waals surface area contributed by atoms with Crippen LogP contribution in [-0.4, -0.2) is 13.0 Å². The van der Waals surface area contributed by atoms with E-state index in [1.165, 1.54) is 23.6 Å². The number of amides is 1. The smallest absolute Gasteiger partial charge is 0.221 e. The van der Waals surface area contributed by atoms with Crippen LogP contribution in [0.1, 0.15) is 48.4 Å². The van der Waals surface area contributed by atoms with Gasteiger partial charge in [0.25, 0.3) is 0 Å². The van der Waals surface area contributed by atoms with Crippen molar-refractivity contribution < 1.29 is 4.79 Å². The Kier molecular flexibility index (Phi) is 5.14. The monoisotopic (exact) mass is 362 g/mol. The summed E-state index contributed by atoms with van der Waals surface area (Å²) in [5, 5.41) is 7.40. The molecule has 1 aliphatic carbocycles. The number of rotatable bonds is 3. The Morgan fingerprint density at radius 2 is 1.83 bits per heavy atom. The second-order valence-electron chi connectivity index (χ2n) is 6.17. The average molecular weight is 363 g/mol. The number of carbonyl (C=O) groups is 1. The Morgan fingerprint density at radius 1 is 1.04 bits per heavy atom. The third-order valence-electron chi connectivity index (χ3n) is 4.60. The fraction of sp³-hybridized carbons (Fsp3) is 0.316. The molecule has 2 aromatic carbocycles. The number of benzene rings is 2. The van der Waals surface area contributed by atoms with Crippen LogP contribution in [0.4, 0.5) is 5.69 Å². The first-order valence-electron chi connectivity index (χ1n) is 8.03. The number of anilines is 1. The summed E-state index contributed by atoms with van der Waals surface area (Å²) in [4.78, 5) is 11.3. The molecule has 0 saturated heterocycles. The summed E-state index contributed by atoms with van der Waals surface area (Å²) >= 11 is 12.3. The summed E-state index contributed by atoms with van der Waals surface area (Å²) in [6.45, 7) is 1.52. The molecule has 0 saturated carbocycles. The fourth-order valence-electron chi connectivity index (χ4n) is 3.49. The lowest BCUT2D eigenvalue weighted by molar-refractivity contribution is -0.114. The van der Waals surface area contributed by atoms with Crippen LogP contribution in [0, 0.1) is 0 Å². The SMILES string of the molecule is CN[C@H]1CC[C@@H](c2ccc(Cl)c(Cl)c2)c2ccc(NC(C)=O)cc21.